The van der Waals surface area contributed by atoms with Crippen molar-refractivity contribution in [2.45, 2.75) is 211 Å². The number of carboxylic acid groups (broad SMARTS) is 2. The second kappa shape index (κ2) is 18.0. The lowest BCUT2D eigenvalue weighted by molar-refractivity contribution is -0.396. The molecule has 3 heterocycles. The van der Waals surface area contributed by atoms with Crippen LogP contribution in [0.1, 0.15) is 113 Å². The molecular weight excluding hydrogens is 881 g/mol. The van der Waals surface area contributed by atoms with Crippen molar-refractivity contribution in [3.05, 3.63) is 11.6 Å². The number of rotatable bonds is 10. The van der Waals surface area contributed by atoms with Crippen LogP contribution >= 0.6 is 0 Å². The lowest BCUT2D eigenvalue weighted by atomic mass is 9.33. The van der Waals surface area contributed by atoms with Gasteiger partial charge in [-0.05, 0) is 109 Å². The van der Waals surface area contributed by atoms with E-state index < -0.39 is 134 Å². The molecule has 8 aliphatic rings. The first-order chi connectivity index (χ1) is 31.2. The Morgan fingerprint density at radius 2 is 1.19 bits per heavy atom. The van der Waals surface area contributed by atoms with Gasteiger partial charge in [-0.25, -0.2) is 4.79 Å². The van der Waals surface area contributed by atoms with Gasteiger partial charge in [0.1, 0.15) is 67.1 Å². The number of aliphatic hydroxyl groups excluding tert-OH is 9. The Hall–Kier alpha value is -1.92. The maximum absolute atomic E-state index is 13.2. The van der Waals surface area contributed by atoms with Crippen LogP contribution in [-0.4, -0.2) is 180 Å². The summed E-state index contributed by atoms with van der Waals surface area (Å²) in [5.41, 5.74) is -0.618. The van der Waals surface area contributed by atoms with Crippen LogP contribution in [0.4, 0.5) is 0 Å². The van der Waals surface area contributed by atoms with Gasteiger partial charge in [0.15, 0.2) is 25.0 Å². The molecule has 0 aromatic carbocycles. The monoisotopic (exact) mass is 956 g/mol. The summed E-state index contributed by atoms with van der Waals surface area (Å²) in [7, 11) is 0. The van der Waals surface area contributed by atoms with Crippen LogP contribution in [0.25, 0.3) is 0 Å². The number of carboxylic acids is 2. The molecule has 0 aromatic rings. The molecule has 7 fully saturated rings. The highest BCUT2D eigenvalue weighted by atomic mass is 16.8. The van der Waals surface area contributed by atoms with Gasteiger partial charge < -0.3 is 84.6 Å². The molecule has 0 bridgehead atoms. The van der Waals surface area contributed by atoms with Crippen molar-refractivity contribution in [2.75, 3.05) is 13.2 Å². The van der Waals surface area contributed by atoms with E-state index in [0.29, 0.717) is 25.7 Å². The summed E-state index contributed by atoms with van der Waals surface area (Å²) in [4.78, 5) is 26.0. The van der Waals surface area contributed by atoms with Crippen molar-refractivity contribution in [1.29, 1.82) is 0 Å². The fourth-order valence-corrected chi connectivity index (χ4v) is 15.1. The van der Waals surface area contributed by atoms with Gasteiger partial charge in [0, 0.05) is 0 Å². The number of hydrogen-bond acceptors (Lipinski definition) is 17. The minimum atomic E-state index is -2.12. The Labute approximate surface area is 391 Å². The van der Waals surface area contributed by atoms with E-state index in [1.165, 1.54) is 5.57 Å². The molecule has 3 saturated heterocycles. The van der Waals surface area contributed by atoms with E-state index in [-0.39, 0.29) is 39.4 Å². The van der Waals surface area contributed by atoms with E-state index >= 15 is 0 Å². The highest BCUT2D eigenvalue weighted by molar-refractivity contribution is 5.76. The molecule has 0 radical (unpaired) electrons. The second-order valence-electron chi connectivity index (χ2n) is 23.5. The first-order valence-corrected chi connectivity index (χ1v) is 24.3. The summed E-state index contributed by atoms with van der Waals surface area (Å²) in [6.45, 7) is 14.2. The molecule has 0 aromatic heterocycles. The SMILES string of the molecule is CC1(C)CC[C@]2(C(=O)O)CC[C@]3(C)C(=CC[C@@H]4[C@@]5(C)CC[C@H](O[C@@H]6O[C@H](C(=O)O)[C@@H](O)[C@H](O[C@@H]7O[C@H](CO)[C@H](O)[C@H](O)[C@H]7O)[C@H]6O[C@@H]6O[C@H](CO)[C@H](O)[C@H](O)[C@H]6O)C(C)(C)[C@@H]5CC[C@]43C)[C@@H]2C1. The lowest BCUT2D eigenvalue weighted by Gasteiger charge is -2.71. The van der Waals surface area contributed by atoms with Crippen LogP contribution in [0.5, 0.6) is 0 Å². The zero-order valence-electron chi connectivity index (χ0n) is 39.7. The third kappa shape index (κ3) is 8.06. The molecule has 3 aliphatic heterocycles. The highest BCUT2D eigenvalue weighted by Crippen LogP contribution is 2.76. The van der Waals surface area contributed by atoms with Crippen LogP contribution in [0.2, 0.25) is 0 Å². The molecule has 67 heavy (non-hydrogen) atoms. The molecule has 0 spiro atoms. The van der Waals surface area contributed by atoms with Crippen LogP contribution in [-0.2, 0) is 38.0 Å². The molecule has 23 atom stereocenters. The Balaban J connectivity index is 1.11. The molecule has 19 nitrogen and oxygen atoms in total. The van der Waals surface area contributed by atoms with Crippen molar-refractivity contribution in [3.8, 4) is 0 Å². The van der Waals surface area contributed by atoms with Crippen LogP contribution in [0.15, 0.2) is 11.6 Å². The maximum atomic E-state index is 13.2. The molecule has 0 unspecified atom stereocenters. The minimum absolute atomic E-state index is 0.0299. The average Bonchev–Trinajstić information content (AvgIpc) is 3.26. The van der Waals surface area contributed by atoms with Gasteiger partial charge >= 0.3 is 11.9 Å². The van der Waals surface area contributed by atoms with E-state index in [4.69, 9.17) is 28.4 Å². The molecule has 4 saturated carbocycles. The van der Waals surface area contributed by atoms with E-state index in [1.807, 2.05) is 0 Å². The van der Waals surface area contributed by atoms with Crippen molar-refractivity contribution in [1.82, 2.24) is 0 Å². The summed E-state index contributed by atoms with van der Waals surface area (Å²) >= 11 is 0. The van der Waals surface area contributed by atoms with Crippen LogP contribution in [0.3, 0.4) is 0 Å². The van der Waals surface area contributed by atoms with Gasteiger partial charge in [-0.3, -0.25) is 4.79 Å². The Kier molecular flexibility index (Phi) is 13.8. The predicted octanol–water partition coefficient (Wildman–Crippen LogP) is 0.799. The van der Waals surface area contributed by atoms with Gasteiger partial charge in [0.25, 0.3) is 0 Å². The second-order valence-corrected chi connectivity index (χ2v) is 23.5. The van der Waals surface area contributed by atoms with E-state index in [2.05, 4.69) is 54.5 Å². The summed E-state index contributed by atoms with van der Waals surface area (Å²) in [5.74, 6) is -2.06. The first-order valence-electron chi connectivity index (χ1n) is 24.3. The summed E-state index contributed by atoms with van der Waals surface area (Å²) in [6.07, 6.45) is -18.3. The van der Waals surface area contributed by atoms with Crippen molar-refractivity contribution in [2.24, 2.45) is 50.2 Å². The Bertz CT molecular complexity index is 1870. The number of fused-ring (bicyclic) bond motifs is 7. The molecule has 382 valence electrons. The molecule has 19 heteroatoms. The molecule has 0 amide bonds. The average molecular weight is 957 g/mol. The molecular formula is C48H76O19. The van der Waals surface area contributed by atoms with Gasteiger partial charge in [-0.2, -0.15) is 0 Å². The molecule has 8 rings (SSSR count). The van der Waals surface area contributed by atoms with Crippen LogP contribution in [0, 0.1) is 50.2 Å². The van der Waals surface area contributed by atoms with Crippen LogP contribution < -0.4 is 0 Å². The predicted molar refractivity (Wildman–Crippen MR) is 231 cm³/mol. The smallest absolute Gasteiger partial charge is 0.335 e. The summed E-state index contributed by atoms with van der Waals surface area (Å²) in [5, 5.41) is 117. The number of allylic oxidation sites excluding steroid dienone is 2. The Morgan fingerprint density at radius 3 is 1.75 bits per heavy atom. The maximum Gasteiger partial charge on any atom is 0.335 e. The standard InChI is InChI=1S/C48H76O19/c1-43(2)14-16-48(42(60)61)17-15-46(6)21(22(48)18-43)8-9-26-45(5)12-11-27(44(3,4)25(45)10-13-47(26,46)7)64-41-37(67-40-33(56)31(54)29(52)24(20-50)63-40)35(34(57)36(66-41)38(58)59)65-39-32(55)30(53)28(51)23(19-49)62-39/h8,22-37,39-41,49-57H,9-20H2,1-7H3,(H,58,59)(H,60,61)/t22-,23+,24+,25-,26+,27-,28-,29-,30-,31-,32+,33+,34-,35-,36-,37+,39-,40-,41+,45-,46+,47+,48-/m0/s1. The van der Waals surface area contributed by atoms with Gasteiger partial charge in [0.2, 0.25) is 0 Å². The number of hydrogen-bond donors (Lipinski definition) is 11. The van der Waals surface area contributed by atoms with E-state index in [0.717, 1.165) is 38.5 Å². The van der Waals surface area contributed by atoms with Crippen molar-refractivity contribution >= 4 is 11.9 Å². The van der Waals surface area contributed by atoms with Gasteiger partial charge in [-0.15, -0.1) is 0 Å². The quantitative estimate of drug-likeness (QED) is 0.107. The zero-order valence-corrected chi connectivity index (χ0v) is 39.7. The highest BCUT2D eigenvalue weighted by Gasteiger charge is 2.70. The normalized spacial score (nSPS) is 52.7. The summed E-state index contributed by atoms with van der Waals surface area (Å²) in [6, 6.07) is 0. The Morgan fingerprint density at radius 1 is 0.627 bits per heavy atom. The number of aliphatic carboxylic acids is 2. The summed E-state index contributed by atoms with van der Waals surface area (Å²) < 4.78 is 36.4. The lowest BCUT2D eigenvalue weighted by Crippen LogP contribution is -2.68. The molecule has 5 aliphatic carbocycles. The fraction of sp³-hybridized carbons (Fsp3) is 0.917. The van der Waals surface area contributed by atoms with Crippen molar-refractivity contribution in [3.63, 3.8) is 0 Å². The zero-order chi connectivity index (χ0) is 49.1. The number of aliphatic hydroxyl groups is 9. The minimum Gasteiger partial charge on any atom is -0.481 e. The van der Waals surface area contributed by atoms with Gasteiger partial charge in [0.05, 0.1) is 24.7 Å². The van der Waals surface area contributed by atoms with E-state index in [9.17, 15) is 65.8 Å². The third-order valence-corrected chi connectivity index (χ3v) is 19.3. The van der Waals surface area contributed by atoms with E-state index in [1.54, 1.807) is 0 Å². The number of ether oxygens (including phenoxy) is 6. The largest absolute Gasteiger partial charge is 0.481 e. The molecule has 11 N–H and O–H groups in total. The van der Waals surface area contributed by atoms with Gasteiger partial charge in [-0.1, -0.05) is 60.1 Å². The number of carbonyl (C=O) groups is 2. The third-order valence-electron chi connectivity index (χ3n) is 19.3. The van der Waals surface area contributed by atoms with Crippen molar-refractivity contribution < 1.29 is 94.2 Å². The first kappa shape index (κ1) is 51.4. The fourth-order valence-electron chi connectivity index (χ4n) is 15.1. The topological polar surface area (TPSA) is 312 Å².